The number of benzene rings is 3. The van der Waals surface area contributed by atoms with E-state index in [4.69, 9.17) is 11.6 Å². The van der Waals surface area contributed by atoms with Gasteiger partial charge in [0, 0.05) is 13.1 Å². The van der Waals surface area contributed by atoms with Gasteiger partial charge >= 0.3 is 0 Å². The highest BCUT2D eigenvalue weighted by molar-refractivity contribution is 7.92. The molecule has 7 nitrogen and oxygen atoms in total. The summed E-state index contributed by atoms with van der Waals surface area (Å²) < 4.78 is 28.5. The SMILES string of the molecule is CCNC(=O)C(CC)N(Cc1ccc(C)cc1)C(=O)CN(c1ccccc1Cl)S(=O)(=O)c1ccccc1. The zero-order chi connectivity index (χ0) is 27.0. The molecular formula is C28H32ClN3O4S. The van der Waals surface area contributed by atoms with E-state index >= 15 is 0 Å². The smallest absolute Gasteiger partial charge is 0.264 e. The molecule has 0 aromatic heterocycles. The van der Waals surface area contributed by atoms with Crippen molar-refractivity contribution in [1.82, 2.24) is 10.2 Å². The van der Waals surface area contributed by atoms with E-state index in [1.165, 1.54) is 17.0 Å². The van der Waals surface area contributed by atoms with Crippen molar-refractivity contribution in [2.24, 2.45) is 0 Å². The fraction of sp³-hybridized carbons (Fsp3) is 0.286. The van der Waals surface area contributed by atoms with Crippen LogP contribution in [0.4, 0.5) is 5.69 Å². The highest BCUT2D eigenvalue weighted by Crippen LogP contribution is 2.30. The summed E-state index contributed by atoms with van der Waals surface area (Å²) in [6.07, 6.45) is 0.362. The number of nitrogens with zero attached hydrogens (tertiary/aromatic N) is 2. The van der Waals surface area contributed by atoms with Crippen molar-refractivity contribution < 1.29 is 18.0 Å². The molecule has 0 aliphatic carbocycles. The van der Waals surface area contributed by atoms with Crippen LogP contribution in [0.15, 0.2) is 83.8 Å². The van der Waals surface area contributed by atoms with E-state index in [0.29, 0.717) is 13.0 Å². The Labute approximate surface area is 224 Å². The van der Waals surface area contributed by atoms with Crippen molar-refractivity contribution in [3.63, 3.8) is 0 Å². The molecule has 9 heteroatoms. The summed E-state index contributed by atoms with van der Waals surface area (Å²) in [5.74, 6) is -0.807. The van der Waals surface area contributed by atoms with Gasteiger partial charge in [0.05, 0.1) is 15.6 Å². The standard InChI is InChI=1S/C28H32ClN3O4S/c1-4-25(28(34)30-5-2)31(19-22-17-15-21(3)16-18-22)27(33)20-32(26-14-10-9-13-24(26)29)37(35,36)23-11-7-6-8-12-23/h6-18,25H,4-5,19-20H2,1-3H3,(H,30,34). The number of sulfonamides is 1. The van der Waals surface area contributed by atoms with E-state index in [-0.39, 0.29) is 28.1 Å². The number of amides is 2. The highest BCUT2D eigenvalue weighted by atomic mass is 35.5. The van der Waals surface area contributed by atoms with E-state index in [1.807, 2.05) is 45.0 Å². The second-order valence-electron chi connectivity index (χ2n) is 8.60. The largest absolute Gasteiger partial charge is 0.355 e. The minimum atomic E-state index is -4.15. The van der Waals surface area contributed by atoms with Crippen LogP contribution in [-0.4, -0.2) is 44.3 Å². The first-order valence-corrected chi connectivity index (χ1v) is 14.0. The summed E-state index contributed by atoms with van der Waals surface area (Å²) in [6, 6.07) is 21.2. The van der Waals surface area contributed by atoms with Crippen molar-refractivity contribution in [3.05, 3.63) is 95.0 Å². The summed E-state index contributed by atoms with van der Waals surface area (Å²) in [5, 5.41) is 2.98. The van der Waals surface area contributed by atoms with Gasteiger partial charge in [-0.05, 0) is 50.1 Å². The highest BCUT2D eigenvalue weighted by Gasteiger charge is 2.34. The number of nitrogens with one attached hydrogen (secondary N) is 1. The Morgan fingerprint density at radius 3 is 2.14 bits per heavy atom. The van der Waals surface area contributed by atoms with Crippen molar-refractivity contribution in [2.75, 3.05) is 17.4 Å². The van der Waals surface area contributed by atoms with Crippen molar-refractivity contribution in [2.45, 2.75) is 44.7 Å². The Morgan fingerprint density at radius 2 is 1.54 bits per heavy atom. The predicted molar refractivity (Wildman–Crippen MR) is 147 cm³/mol. The lowest BCUT2D eigenvalue weighted by Crippen LogP contribution is -2.52. The van der Waals surface area contributed by atoms with Crippen LogP contribution in [0.1, 0.15) is 31.4 Å². The second-order valence-corrected chi connectivity index (χ2v) is 10.9. The Hall–Kier alpha value is -3.36. The molecule has 3 aromatic rings. The number of likely N-dealkylation sites (N-methyl/N-ethyl adjacent to an activating group) is 1. The minimum Gasteiger partial charge on any atom is -0.355 e. The van der Waals surface area contributed by atoms with E-state index in [0.717, 1.165) is 15.4 Å². The number of hydrogen-bond acceptors (Lipinski definition) is 4. The molecule has 0 heterocycles. The van der Waals surface area contributed by atoms with Gasteiger partial charge in [0.1, 0.15) is 12.6 Å². The molecule has 1 unspecified atom stereocenters. The fourth-order valence-electron chi connectivity index (χ4n) is 3.99. The molecule has 0 aliphatic heterocycles. The molecule has 196 valence electrons. The quantitative estimate of drug-likeness (QED) is 0.378. The van der Waals surface area contributed by atoms with Crippen molar-refractivity contribution >= 4 is 39.1 Å². The topological polar surface area (TPSA) is 86.8 Å². The number of rotatable bonds is 11. The second kappa shape index (κ2) is 12.7. The Kier molecular flexibility index (Phi) is 9.72. The number of anilines is 1. The number of hydrogen-bond donors (Lipinski definition) is 1. The van der Waals surface area contributed by atoms with E-state index in [1.54, 1.807) is 42.5 Å². The molecule has 0 radical (unpaired) electrons. The molecule has 1 atom stereocenters. The number of aryl methyl sites for hydroxylation is 1. The first kappa shape index (κ1) is 28.2. The van der Waals surface area contributed by atoms with Gasteiger partial charge in [-0.15, -0.1) is 0 Å². The van der Waals surface area contributed by atoms with Crippen molar-refractivity contribution in [3.8, 4) is 0 Å². The van der Waals surface area contributed by atoms with Gasteiger partial charge in [0.15, 0.2) is 0 Å². The van der Waals surface area contributed by atoms with E-state index in [2.05, 4.69) is 5.32 Å². The van der Waals surface area contributed by atoms with Gasteiger partial charge in [-0.2, -0.15) is 0 Å². The van der Waals surface area contributed by atoms with Crippen LogP contribution in [0.25, 0.3) is 0 Å². The zero-order valence-electron chi connectivity index (χ0n) is 21.2. The molecule has 0 bridgehead atoms. The summed E-state index contributed by atoms with van der Waals surface area (Å²) in [6.45, 7) is 5.63. The van der Waals surface area contributed by atoms with Crippen LogP contribution in [0.2, 0.25) is 5.02 Å². The Balaban J connectivity index is 2.05. The Bertz CT molecular complexity index is 1310. The van der Waals surface area contributed by atoms with E-state index < -0.39 is 28.5 Å². The third-order valence-electron chi connectivity index (χ3n) is 5.94. The van der Waals surface area contributed by atoms with Crippen LogP contribution in [0.3, 0.4) is 0 Å². The van der Waals surface area contributed by atoms with Crippen molar-refractivity contribution in [1.29, 1.82) is 0 Å². The lowest BCUT2D eigenvalue weighted by Gasteiger charge is -2.33. The monoisotopic (exact) mass is 541 g/mol. The minimum absolute atomic E-state index is 0.0311. The van der Waals surface area contributed by atoms with E-state index in [9.17, 15) is 18.0 Å². The number of carbonyl (C=O) groups is 2. The molecule has 2 amide bonds. The van der Waals surface area contributed by atoms with Gasteiger partial charge in [0.25, 0.3) is 10.0 Å². The zero-order valence-corrected chi connectivity index (χ0v) is 22.8. The summed E-state index contributed by atoms with van der Waals surface area (Å²) in [4.78, 5) is 28.3. The molecule has 3 aromatic carbocycles. The maximum atomic E-state index is 13.9. The third kappa shape index (κ3) is 6.90. The number of carbonyl (C=O) groups excluding carboxylic acids is 2. The first-order valence-electron chi connectivity index (χ1n) is 12.1. The van der Waals surface area contributed by atoms with Crippen LogP contribution >= 0.6 is 11.6 Å². The van der Waals surface area contributed by atoms with Crippen LogP contribution < -0.4 is 9.62 Å². The lowest BCUT2D eigenvalue weighted by molar-refractivity contribution is -0.140. The van der Waals surface area contributed by atoms with Gasteiger partial charge < -0.3 is 10.2 Å². The van der Waals surface area contributed by atoms with Crippen LogP contribution in [-0.2, 0) is 26.2 Å². The molecule has 37 heavy (non-hydrogen) atoms. The molecule has 0 spiro atoms. The molecule has 1 N–H and O–H groups in total. The molecule has 3 rings (SSSR count). The average Bonchev–Trinajstić information content (AvgIpc) is 2.89. The van der Waals surface area contributed by atoms with Gasteiger partial charge in [-0.25, -0.2) is 8.42 Å². The predicted octanol–water partition coefficient (Wildman–Crippen LogP) is 4.79. The number of para-hydroxylation sites is 1. The fourth-order valence-corrected chi connectivity index (χ4v) is 5.73. The molecule has 0 saturated carbocycles. The van der Waals surface area contributed by atoms with Gasteiger partial charge in [0.2, 0.25) is 11.8 Å². The molecule has 0 saturated heterocycles. The first-order chi connectivity index (χ1) is 17.7. The maximum Gasteiger partial charge on any atom is 0.264 e. The maximum absolute atomic E-state index is 13.9. The summed E-state index contributed by atoms with van der Waals surface area (Å²) in [7, 11) is -4.15. The van der Waals surface area contributed by atoms with Crippen LogP contribution in [0, 0.1) is 6.92 Å². The van der Waals surface area contributed by atoms with Gasteiger partial charge in [-0.1, -0.05) is 78.7 Å². The normalized spacial score (nSPS) is 12.0. The molecular weight excluding hydrogens is 510 g/mol. The van der Waals surface area contributed by atoms with Gasteiger partial charge in [-0.3, -0.25) is 13.9 Å². The molecule has 0 aliphatic rings. The average molecular weight is 542 g/mol. The number of halogens is 1. The Morgan fingerprint density at radius 1 is 0.919 bits per heavy atom. The van der Waals surface area contributed by atoms with Crippen LogP contribution in [0.5, 0.6) is 0 Å². The molecule has 0 fully saturated rings. The summed E-state index contributed by atoms with van der Waals surface area (Å²) in [5.41, 5.74) is 2.08. The lowest BCUT2D eigenvalue weighted by atomic mass is 10.1. The summed E-state index contributed by atoms with van der Waals surface area (Å²) >= 11 is 6.41. The third-order valence-corrected chi connectivity index (χ3v) is 8.04.